The fraction of sp³-hybridized carbons (Fsp3) is 0.353. The Hall–Kier alpha value is -2.63. The van der Waals surface area contributed by atoms with Gasteiger partial charge in [-0.1, -0.05) is 0 Å². The first-order valence-corrected chi connectivity index (χ1v) is 7.71. The smallest absolute Gasteiger partial charge is 0.322 e. The summed E-state index contributed by atoms with van der Waals surface area (Å²) in [5.41, 5.74) is 3.12. The molecule has 1 aliphatic carbocycles. The van der Waals surface area contributed by atoms with Gasteiger partial charge in [0.05, 0.1) is 5.69 Å². The highest BCUT2D eigenvalue weighted by Gasteiger charge is 2.25. The molecule has 2 aromatic rings. The molecule has 0 aliphatic heterocycles. The summed E-state index contributed by atoms with van der Waals surface area (Å²) in [7, 11) is 0. The number of fused-ring (bicyclic) bond motifs is 3. The van der Waals surface area contributed by atoms with Crippen LogP contribution >= 0.6 is 0 Å². The molecular weight excluding hydrogens is 296 g/mol. The number of rotatable bonds is 4. The highest BCUT2D eigenvalue weighted by atomic mass is 16.4. The van der Waals surface area contributed by atoms with Crippen molar-refractivity contribution in [2.75, 3.05) is 6.54 Å². The number of nitrogens with zero attached hydrogens (tertiary/aromatic N) is 1. The number of Topliss-reactive ketones (excluding diaryl/α,β-unsaturated/α-hetero) is 1. The Morgan fingerprint density at radius 3 is 2.78 bits per heavy atom. The van der Waals surface area contributed by atoms with Crippen LogP contribution in [0.15, 0.2) is 18.2 Å². The maximum atomic E-state index is 12.3. The molecule has 23 heavy (non-hydrogen) atoms. The molecule has 0 bridgehead atoms. The highest BCUT2D eigenvalue weighted by Crippen LogP contribution is 2.32. The maximum Gasteiger partial charge on any atom is 0.322 e. The fourth-order valence-electron chi connectivity index (χ4n) is 3.27. The Labute approximate surface area is 133 Å². The Kier molecular flexibility index (Phi) is 3.90. The van der Waals surface area contributed by atoms with Crippen molar-refractivity contribution in [2.45, 2.75) is 32.7 Å². The van der Waals surface area contributed by atoms with Gasteiger partial charge in [0.2, 0.25) is 0 Å². The third kappa shape index (κ3) is 2.60. The second kappa shape index (κ2) is 5.87. The van der Waals surface area contributed by atoms with E-state index in [9.17, 15) is 14.4 Å². The molecule has 120 valence electrons. The molecule has 1 aromatic carbocycles. The van der Waals surface area contributed by atoms with Crippen LogP contribution in [0.2, 0.25) is 0 Å². The summed E-state index contributed by atoms with van der Waals surface area (Å²) < 4.78 is 2.01. The number of aliphatic carboxylic acids is 1. The molecule has 0 spiro atoms. The van der Waals surface area contributed by atoms with E-state index in [1.807, 2.05) is 17.6 Å². The lowest BCUT2D eigenvalue weighted by molar-refractivity contribution is -0.135. The van der Waals surface area contributed by atoms with E-state index in [4.69, 9.17) is 5.11 Å². The van der Waals surface area contributed by atoms with Gasteiger partial charge in [0.25, 0.3) is 5.91 Å². The Bertz CT molecular complexity index is 820. The molecule has 0 saturated heterocycles. The third-order valence-electron chi connectivity index (χ3n) is 4.24. The molecule has 0 unspecified atom stereocenters. The van der Waals surface area contributed by atoms with Crippen LogP contribution in [0.3, 0.4) is 0 Å². The van der Waals surface area contributed by atoms with E-state index in [0.717, 1.165) is 35.0 Å². The van der Waals surface area contributed by atoms with Gasteiger partial charge in [0.15, 0.2) is 5.78 Å². The van der Waals surface area contributed by atoms with Crippen LogP contribution in [0.1, 0.15) is 46.2 Å². The van der Waals surface area contributed by atoms with Gasteiger partial charge in [-0.25, -0.2) is 0 Å². The Morgan fingerprint density at radius 1 is 1.30 bits per heavy atom. The number of aryl methyl sites for hydroxylation is 2. The summed E-state index contributed by atoms with van der Waals surface area (Å²) >= 11 is 0. The van der Waals surface area contributed by atoms with Gasteiger partial charge in [-0.2, -0.15) is 0 Å². The first kappa shape index (κ1) is 15.3. The van der Waals surface area contributed by atoms with Gasteiger partial charge >= 0.3 is 5.97 Å². The van der Waals surface area contributed by atoms with E-state index in [1.165, 1.54) is 0 Å². The molecule has 1 amide bonds. The van der Waals surface area contributed by atoms with Crippen molar-refractivity contribution in [2.24, 2.45) is 0 Å². The molecule has 1 heterocycles. The predicted octanol–water partition coefficient (Wildman–Crippen LogP) is 1.99. The normalized spacial score (nSPS) is 13.9. The number of carboxylic acid groups (broad SMARTS) is 1. The van der Waals surface area contributed by atoms with E-state index < -0.39 is 18.4 Å². The van der Waals surface area contributed by atoms with Crippen molar-refractivity contribution in [3.05, 3.63) is 35.0 Å². The zero-order valence-electron chi connectivity index (χ0n) is 12.9. The molecule has 6 heteroatoms. The van der Waals surface area contributed by atoms with Gasteiger partial charge in [0.1, 0.15) is 6.54 Å². The fourth-order valence-corrected chi connectivity index (χ4v) is 3.27. The molecular formula is C17H18N2O4. The van der Waals surface area contributed by atoms with Crippen molar-refractivity contribution < 1.29 is 19.5 Å². The summed E-state index contributed by atoms with van der Waals surface area (Å²) in [4.78, 5) is 34.9. The number of carbonyl (C=O) groups is 3. The van der Waals surface area contributed by atoms with Crippen LogP contribution in [0.5, 0.6) is 0 Å². The molecule has 6 nitrogen and oxygen atoms in total. The number of aromatic nitrogens is 1. The van der Waals surface area contributed by atoms with Crippen molar-refractivity contribution in [3.8, 4) is 0 Å². The Balaban J connectivity index is 2.08. The van der Waals surface area contributed by atoms with Crippen molar-refractivity contribution in [3.63, 3.8) is 0 Å². The zero-order chi connectivity index (χ0) is 16.6. The number of nitrogens with one attached hydrogen (secondary N) is 1. The minimum absolute atomic E-state index is 0.154. The molecule has 1 aromatic heterocycles. The van der Waals surface area contributed by atoms with Crippen LogP contribution < -0.4 is 5.32 Å². The summed E-state index contributed by atoms with van der Waals surface area (Å²) in [5, 5.41) is 11.9. The summed E-state index contributed by atoms with van der Waals surface area (Å²) in [6, 6.07) is 5.26. The molecule has 2 N–H and O–H groups in total. The van der Waals surface area contributed by atoms with Crippen molar-refractivity contribution >= 4 is 28.6 Å². The molecule has 0 radical (unpaired) electrons. The first-order valence-electron chi connectivity index (χ1n) is 7.71. The number of hydrogen-bond acceptors (Lipinski definition) is 3. The number of benzene rings is 1. The van der Waals surface area contributed by atoms with E-state index in [1.54, 1.807) is 12.1 Å². The molecule has 0 atom stereocenters. The minimum atomic E-state index is -1.08. The quantitative estimate of drug-likeness (QED) is 0.903. The molecule has 1 aliphatic rings. The lowest BCUT2D eigenvalue weighted by Gasteiger charge is -2.13. The van der Waals surface area contributed by atoms with Crippen LogP contribution in [0.4, 0.5) is 0 Å². The molecule has 3 rings (SSSR count). The lowest BCUT2D eigenvalue weighted by atomic mass is 9.94. The Morgan fingerprint density at radius 2 is 2.09 bits per heavy atom. The number of carboxylic acids is 1. The first-order chi connectivity index (χ1) is 11.0. The zero-order valence-corrected chi connectivity index (χ0v) is 12.9. The van der Waals surface area contributed by atoms with Gasteiger partial charge in [0, 0.05) is 29.4 Å². The third-order valence-corrected chi connectivity index (χ3v) is 4.24. The number of hydrogen-bond donors (Lipinski definition) is 2. The van der Waals surface area contributed by atoms with Gasteiger partial charge < -0.3 is 15.0 Å². The lowest BCUT2D eigenvalue weighted by Crippen LogP contribution is -2.29. The van der Waals surface area contributed by atoms with E-state index in [-0.39, 0.29) is 5.78 Å². The SMILES string of the molecule is CCn1c2c(c3cc(C(=O)NCC(=O)O)ccc31)CCCC2=O. The van der Waals surface area contributed by atoms with Gasteiger partial charge in [-0.3, -0.25) is 14.4 Å². The number of amides is 1. The standard InChI is InChI=1S/C17H18N2O4/c1-2-19-13-7-6-10(17(23)18-9-15(21)22)8-12(13)11-4-3-5-14(20)16(11)19/h6-8H,2-5,9H2,1H3,(H,18,23)(H,21,22). The van der Waals surface area contributed by atoms with E-state index >= 15 is 0 Å². The van der Waals surface area contributed by atoms with Crippen LogP contribution in [0, 0.1) is 0 Å². The molecule has 0 saturated carbocycles. The van der Waals surface area contributed by atoms with Gasteiger partial charge in [-0.15, -0.1) is 0 Å². The summed E-state index contributed by atoms with van der Waals surface area (Å²) in [6.07, 6.45) is 2.21. The second-order valence-corrected chi connectivity index (χ2v) is 5.66. The summed E-state index contributed by atoms with van der Waals surface area (Å²) in [6.45, 7) is 2.28. The average Bonchev–Trinajstić information content (AvgIpc) is 2.87. The monoisotopic (exact) mass is 314 g/mol. The topological polar surface area (TPSA) is 88.4 Å². The van der Waals surface area contributed by atoms with Crippen LogP contribution in [-0.4, -0.2) is 33.9 Å². The van der Waals surface area contributed by atoms with E-state index in [2.05, 4.69) is 5.32 Å². The predicted molar refractivity (Wildman–Crippen MR) is 84.8 cm³/mol. The van der Waals surface area contributed by atoms with Crippen LogP contribution in [-0.2, 0) is 17.8 Å². The summed E-state index contributed by atoms with van der Waals surface area (Å²) in [5.74, 6) is -1.35. The van der Waals surface area contributed by atoms with Crippen LogP contribution in [0.25, 0.3) is 10.9 Å². The molecule has 0 fully saturated rings. The van der Waals surface area contributed by atoms with E-state index in [0.29, 0.717) is 18.5 Å². The largest absolute Gasteiger partial charge is 0.480 e. The van der Waals surface area contributed by atoms with Crippen molar-refractivity contribution in [1.82, 2.24) is 9.88 Å². The average molecular weight is 314 g/mol. The number of carbonyl (C=O) groups excluding carboxylic acids is 2. The van der Waals surface area contributed by atoms with Crippen molar-refractivity contribution in [1.29, 1.82) is 0 Å². The minimum Gasteiger partial charge on any atom is -0.480 e. The second-order valence-electron chi connectivity index (χ2n) is 5.66. The van der Waals surface area contributed by atoms with Gasteiger partial charge in [-0.05, 0) is 43.5 Å². The maximum absolute atomic E-state index is 12.3. The highest BCUT2D eigenvalue weighted by molar-refractivity contribution is 6.06. The number of ketones is 1.